The van der Waals surface area contributed by atoms with Crippen molar-refractivity contribution in [2.24, 2.45) is 0 Å². The van der Waals surface area contributed by atoms with Crippen molar-refractivity contribution >= 4 is 5.57 Å². The van der Waals surface area contributed by atoms with Crippen LogP contribution in [0.3, 0.4) is 0 Å². The van der Waals surface area contributed by atoms with Gasteiger partial charge in [-0.2, -0.15) is 0 Å². The summed E-state index contributed by atoms with van der Waals surface area (Å²) in [5.74, 6) is 0. The van der Waals surface area contributed by atoms with E-state index in [2.05, 4.69) is 66.6 Å². The van der Waals surface area contributed by atoms with Crippen molar-refractivity contribution in [2.45, 2.75) is 25.8 Å². The molecule has 0 atom stereocenters. The van der Waals surface area contributed by atoms with Gasteiger partial charge >= 0.3 is 0 Å². The minimum absolute atomic E-state index is 0.923. The van der Waals surface area contributed by atoms with Gasteiger partial charge in [0.05, 0.1) is 12.5 Å². The first-order chi connectivity index (χ1) is 12.8. The van der Waals surface area contributed by atoms with Gasteiger partial charge in [-0.05, 0) is 60.2 Å². The molecule has 0 saturated heterocycles. The van der Waals surface area contributed by atoms with Crippen molar-refractivity contribution in [3.63, 3.8) is 0 Å². The summed E-state index contributed by atoms with van der Waals surface area (Å²) in [5.41, 5.74) is 8.34. The van der Waals surface area contributed by atoms with E-state index in [4.69, 9.17) is 4.42 Å². The molecule has 132 valence electrons. The first kappa shape index (κ1) is 16.9. The van der Waals surface area contributed by atoms with Crippen molar-refractivity contribution in [3.8, 4) is 0 Å². The molecule has 0 radical (unpaired) electrons. The maximum atomic E-state index is 5.17. The Kier molecular flexibility index (Phi) is 5.03. The van der Waals surface area contributed by atoms with E-state index in [9.17, 15) is 0 Å². The maximum Gasteiger partial charge on any atom is 0.0947 e. The molecule has 1 aliphatic rings. The van der Waals surface area contributed by atoms with Crippen molar-refractivity contribution in [1.82, 2.24) is 4.90 Å². The van der Waals surface area contributed by atoms with E-state index in [1.54, 1.807) is 6.26 Å². The quantitative estimate of drug-likeness (QED) is 0.622. The van der Waals surface area contributed by atoms with Gasteiger partial charge in [0, 0.05) is 18.7 Å². The molecule has 0 N–H and O–H groups in total. The largest absolute Gasteiger partial charge is 0.472 e. The molecule has 4 rings (SSSR count). The molecule has 26 heavy (non-hydrogen) atoms. The fraction of sp³-hybridized carbons (Fsp3) is 0.250. The standard InChI is InChI=1S/C24H25NO/c1-25(17-19-14-16-26-18-19)15-6-11-24-22-9-4-2-7-20(22)12-13-21-8-3-5-10-23(21)24/h2-5,7-11,14,16,18H,6,12-13,15,17H2,1H3. The number of benzene rings is 2. The molecular weight excluding hydrogens is 318 g/mol. The lowest BCUT2D eigenvalue weighted by Crippen LogP contribution is -2.18. The lowest BCUT2D eigenvalue weighted by Gasteiger charge is -2.16. The third-order valence-corrected chi connectivity index (χ3v) is 5.17. The van der Waals surface area contributed by atoms with E-state index in [1.807, 2.05) is 12.3 Å². The number of hydrogen-bond donors (Lipinski definition) is 0. The second-order valence-corrected chi connectivity index (χ2v) is 7.09. The summed E-state index contributed by atoms with van der Waals surface area (Å²) in [6.07, 6.45) is 9.26. The van der Waals surface area contributed by atoms with E-state index in [1.165, 1.54) is 33.4 Å². The molecule has 0 aliphatic heterocycles. The Balaban J connectivity index is 1.57. The molecule has 0 bridgehead atoms. The first-order valence-corrected chi connectivity index (χ1v) is 9.37. The Morgan fingerprint density at radius 1 is 0.923 bits per heavy atom. The summed E-state index contributed by atoms with van der Waals surface area (Å²) in [7, 11) is 2.17. The summed E-state index contributed by atoms with van der Waals surface area (Å²) >= 11 is 0. The molecule has 2 nitrogen and oxygen atoms in total. The Hall–Kier alpha value is -2.58. The molecule has 3 aromatic rings. The van der Waals surface area contributed by atoms with Gasteiger partial charge in [-0.15, -0.1) is 0 Å². The van der Waals surface area contributed by atoms with Crippen molar-refractivity contribution in [2.75, 3.05) is 13.6 Å². The molecule has 0 amide bonds. The van der Waals surface area contributed by atoms with Gasteiger partial charge < -0.3 is 9.32 Å². The molecule has 0 fully saturated rings. The Labute approximate surface area is 155 Å². The Bertz CT molecular complexity index is 843. The fourth-order valence-corrected chi connectivity index (χ4v) is 3.84. The van der Waals surface area contributed by atoms with E-state index in [-0.39, 0.29) is 0 Å². The Morgan fingerprint density at radius 2 is 1.58 bits per heavy atom. The van der Waals surface area contributed by atoms with Crippen LogP contribution < -0.4 is 0 Å². The van der Waals surface area contributed by atoms with Crippen LogP contribution in [0.25, 0.3) is 5.57 Å². The van der Waals surface area contributed by atoms with Gasteiger partial charge in [-0.3, -0.25) is 0 Å². The van der Waals surface area contributed by atoms with Gasteiger partial charge in [-0.25, -0.2) is 0 Å². The normalized spacial score (nSPS) is 13.2. The number of hydrogen-bond acceptors (Lipinski definition) is 2. The third-order valence-electron chi connectivity index (χ3n) is 5.17. The first-order valence-electron chi connectivity index (χ1n) is 9.37. The highest BCUT2D eigenvalue weighted by Crippen LogP contribution is 2.33. The zero-order valence-electron chi connectivity index (χ0n) is 15.3. The molecule has 1 aromatic heterocycles. The van der Waals surface area contributed by atoms with Crippen LogP contribution in [0, 0.1) is 0 Å². The van der Waals surface area contributed by atoms with Gasteiger partial charge in [0.15, 0.2) is 0 Å². The topological polar surface area (TPSA) is 16.4 Å². The summed E-state index contributed by atoms with van der Waals surface area (Å²) in [5, 5.41) is 0. The van der Waals surface area contributed by atoms with E-state index < -0.39 is 0 Å². The predicted molar refractivity (Wildman–Crippen MR) is 107 cm³/mol. The fourth-order valence-electron chi connectivity index (χ4n) is 3.84. The zero-order chi connectivity index (χ0) is 17.8. The molecule has 0 unspecified atom stereocenters. The van der Waals surface area contributed by atoms with Crippen LogP contribution in [-0.2, 0) is 19.4 Å². The second kappa shape index (κ2) is 7.76. The van der Waals surface area contributed by atoms with Gasteiger partial charge in [-0.1, -0.05) is 54.6 Å². The third kappa shape index (κ3) is 3.66. The summed E-state index contributed by atoms with van der Waals surface area (Å²) in [6.45, 7) is 1.95. The van der Waals surface area contributed by atoms with Crippen molar-refractivity contribution < 1.29 is 4.42 Å². The van der Waals surface area contributed by atoms with E-state index in [0.29, 0.717) is 0 Å². The highest BCUT2D eigenvalue weighted by Gasteiger charge is 2.17. The van der Waals surface area contributed by atoms with Crippen LogP contribution in [-0.4, -0.2) is 18.5 Å². The van der Waals surface area contributed by atoms with Crippen LogP contribution in [0.2, 0.25) is 0 Å². The smallest absolute Gasteiger partial charge is 0.0947 e. The number of furan rings is 1. The van der Waals surface area contributed by atoms with Gasteiger partial charge in [0.1, 0.15) is 0 Å². The second-order valence-electron chi connectivity index (χ2n) is 7.09. The number of fused-ring (bicyclic) bond motifs is 2. The predicted octanol–water partition coefficient (Wildman–Crippen LogP) is 5.33. The highest BCUT2D eigenvalue weighted by atomic mass is 16.3. The summed E-state index contributed by atoms with van der Waals surface area (Å²) < 4.78 is 5.17. The minimum Gasteiger partial charge on any atom is -0.472 e. The van der Waals surface area contributed by atoms with Gasteiger partial charge in [0.2, 0.25) is 0 Å². The molecule has 0 saturated carbocycles. The average molecular weight is 343 g/mol. The monoisotopic (exact) mass is 343 g/mol. The van der Waals surface area contributed by atoms with E-state index >= 15 is 0 Å². The lowest BCUT2D eigenvalue weighted by molar-refractivity contribution is 0.332. The van der Waals surface area contributed by atoms with Gasteiger partial charge in [0.25, 0.3) is 0 Å². The maximum absolute atomic E-state index is 5.17. The number of aryl methyl sites for hydroxylation is 2. The number of nitrogens with zero attached hydrogens (tertiary/aromatic N) is 1. The summed E-state index contributed by atoms with van der Waals surface area (Å²) in [4.78, 5) is 2.34. The lowest BCUT2D eigenvalue weighted by atomic mass is 9.93. The van der Waals surface area contributed by atoms with E-state index in [0.717, 1.165) is 32.4 Å². The Morgan fingerprint density at radius 3 is 2.19 bits per heavy atom. The molecule has 1 heterocycles. The molecule has 0 spiro atoms. The van der Waals surface area contributed by atoms with Crippen LogP contribution in [0.5, 0.6) is 0 Å². The SMILES string of the molecule is CN(CCC=C1c2ccccc2CCc2ccccc21)Cc1ccoc1. The van der Waals surface area contributed by atoms with Crippen LogP contribution in [0.4, 0.5) is 0 Å². The van der Waals surface area contributed by atoms with Crippen LogP contribution in [0.1, 0.15) is 34.2 Å². The molecular formula is C24H25NO. The highest BCUT2D eigenvalue weighted by molar-refractivity contribution is 5.83. The molecule has 2 aromatic carbocycles. The van der Waals surface area contributed by atoms with Crippen LogP contribution >= 0.6 is 0 Å². The molecule has 2 heteroatoms. The zero-order valence-corrected chi connectivity index (χ0v) is 15.3. The molecule has 1 aliphatic carbocycles. The minimum atomic E-state index is 0.923. The van der Waals surface area contributed by atoms with Crippen molar-refractivity contribution in [3.05, 3.63) is 101 Å². The van der Waals surface area contributed by atoms with Crippen LogP contribution in [0.15, 0.2) is 77.6 Å². The average Bonchev–Trinajstić information content (AvgIpc) is 3.11. The summed E-state index contributed by atoms with van der Waals surface area (Å²) in [6, 6.07) is 19.8. The number of rotatable bonds is 5. The van der Waals surface area contributed by atoms with Crippen molar-refractivity contribution in [1.29, 1.82) is 0 Å².